The van der Waals surface area contributed by atoms with E-state index in [0.29, 0.717) is 24.7 Å². The first-order chi connectivity index (χ1) is 12.4. The fraction of sp³-hybridized carbons (Fsp3) is 0.524. The molecular formula is C21H29N3O2. The third kappa shape index (κ3) is 3.98. The summed E-state index contributed by atoms with van der Waals surface area (Å²) in [5.74, 6) is 0.180. The molecule has 0 unspecified atom stereocenters. The van der Waals surface area contributed by atoms with Gasteiger partial charge in [0.2, 0.25) is 11.8 Å². The minimum atomic E-state index is -0.942. The van der Waals surface area contributed by atoms with Gasteiger partial charge in [0, 0.05) is 25.7 Å². The molecule has 2 atom stereocenters. The van der Waals surface area contributed by atoms with Gasteiger partial charge in [0.05, 0.1) is 0 Å². The van der Waals surface area contributed by atoms with E-state index >= 15 is 0 Å². The number of nitrogens with zero attached hydrogens (tertiary/aromatic N) is 1. The lowest BCUT2D eigenvalue weighted by Crippen LogP contribution is -2.48. The van der Waals surface area contributed by atoms with Crippen molar-refractivity contribution in [1.82, 2.24) is 10.2 Å². The van der Waals surface area contributed by atoms with Crippen LogP contribution in [-0.2, 0) is 9.59 Å². The number of nitrogens with one attached hydrogen (secondary N) is 1. The van der Waals surface area contributed by atoms with Gasteiger partial charge in [0.1, 0.15) is 5.41 Å². The summed E-state index contributed by atoms with van der Waals surface area (Å²) in [6.45, 7) is 6.99. The summed E-state index contributed by atoms with van der Waals surface area (Å²) >= 11 is 0. The minimum Gasteiger partial charge on any atom is -0.369 e. The van der Waals surface area contributed by atoms with E-state index in [1.807, 2.05) is 18.2 Å². The predicted molar refractivity (Wildman–Crippen MR) is 103 cm³/mol. The molecule has 1 aliphatic carbocycles. The van der Waals surface area contributed by atoms with Crippen LogP contribution in [0.1, 0.15) is 32.3 Å². The monoisotopic (exact) mass is 355 g/mol. The van der Waals surface area contributed by atoms with Crippen molar-refractivity contribution in [1.29, 1.82) is 0 Å². The van der Waals surface area contributed by atoms with Gasteiger partial charge in [0.25, 0.3) is 0 Å². The Kier molecular flexibility index (Phi) is 5.47. The van der Waals surface area contributed by atoms with E-state index in [1.54, 1.807) is 0 Å². The minimum absolute atomic E-state index is 0.0736. The molecule has 1 heterocycles. The van der Waals surface area contributed by atoms with Gasteiger partial charge < -0.3 is 11.1 Å². The van der Waals surface area contributed by atoms with Gasteiger partial charge in [-0.25, -0.2) is 0 Å². The number of hydrogen-bond donors (Lipinski definition) is 2. The van der Waals surface area contributed by atoms with E-state index in [4.69, 9.17) is 5.73 Å². The Morgan fingerprint density at radius 3 is 2.54 bits per heavy atom. The standard InChI is InChI=1S/C21H29N3O2/c1-15(2)17-13-24(12-6-9-16-7-4-3-5-8-16)14-18(17)23-20(26)21(10-11-21)19(22)25/h3-9,15,17-18H,10-14H2,1-2H3,(H2,22,25)(H,23,26)/b9-6+/t17-,18+/m0/s1. The van der Waals surface area contributed by atoms with Crippen molar-refractivity contribution in [3.8, 4) is 0 Å². The largest absolute Gasteiger partial charge is 0.369 e. The molecule has 1 saturated heterocycles. The third-order valence-electron chi connectivity index (χ3n) is 5.74. The van der Waals surface area contributed by atoms with Crippen LogP contribution in [0.4, 0.5) is 0 Å². The molecule has 2 aliphatic rings. The predicted octanol–water partition coefficient (Wildman–Crippen LogP) is 2.04. The Morgan fingerprint density at radius 1 is 1.27 bits per heavy atom. The fourth-order valence-electron chi connectivity index (χ4n) is 3.81. The highest BCUT2D eigenvalue weighted by Crippen LogP contribution is 2.45. The second-order valence-electron chi connectivity index (χ2n) is 7.97. The highest BCUT2D eigenvalue weighted by atomic mass is 16.2. The van der Waals surface area contributed by atoms with Crippen LogP contribution in [0.25, 0.3) is 6.08 Å². The van der Waals surface area contributed by atoms with Crippen molar-refractivity contribution in [2.24, 2.45) is 23.0 Å². The van der Waals surface area contributed by atoms with Gasteiger partial charge in [-0.2, -0.15) is 0 Å². The van der Waals surface area contributed by atoms with E-state index in [-0.39, 0.29) is 11.9 Å². The summed E-state index contributed by atoms with van der Waals surface area (Å²) in [7, 11) is 0. The van der Waals surface area contributed by atoms with Crippen molar-refractivity contribution in [2.45, 2.75) is 32.7 Å². The van der Waals surface area contributed by atoms with Crippen LogP contribution < -0.4 is 11.1 Å². The summed E-state index contributed by atoms with van der Waals surface area (Å²) in [5, 5.41) is 3.13. The first kappa shape index (κ1) is 18.6. The van der Waals surface area contributed by atoms with Crippen LogP contribution in [0.2, 0.25) is 0 Å². The molecule has 0 radical (unpaired) electrons. The first-order valence-corrected chi connectivity index (χ1v) is 9.47. The van der Waals surface area contributed by atoms with Crippen LogP contribution in [0.15, 0.2) is 36.4 Å². The van der Waals surface area contributed by atoms with Crippen LogP contribution in [0, 0.1) is 17.3 Å². The molecule has 1 aromatic carbocycles. The molecule has 0 aromatic heterocycles. The zero-order valence-corrected chi connectivity index (χ0v) is 15.7. The molecule has 1 aliphatic heterocycles. The van der Waals surface area contributed by atoms with Gasteiger partial charge in [0.15, 0.2) is 0 Å². The quantitative estimate of drug-likeness (QED) is 0.735. The summed E-state index contributed by atoms with van der Waals surface area (Å²) < 4.78 is 0. The Hall–Kier alpha value is -2.14. The molecule has 0 spiro atoms. The molecule has 1 saturated carbocycles. The second-order valence-corrected chi connectivity index (χ2v) is 7.97. The summed E-state index contributed by atoms with van der Waals surface area (Å²) in [6, 6.07) is 10.3. The number of hydrogen-bond acceptors (Lipinski definition) is 3. The van der Waals surface area contributed by atoms with Gasteiger partial charge >= 0.3 is 0 Å². The van der Waals surface area contributed by atoms with Crippen molar-refractivity contribution in [2.75, 3.05) is 19.6 Å². The molecular weight excluding hydrogens is 326 g/mol. The van der Waals surface area contributed by atoms with E-state index < -0.39 is 11.3 Å². The Bertz CT molecular complexity index is 680. The molecule has 3 rings (SSSR count). The van der Waals surface area contributed by atoms with Crippen LogP contribution >= 0.6 is 0 Å². The summed E-state index contributed by atoms with van der Waals surface area (Å²) in [6.07, 6.45) is 5.46. The number of carbonyl (C=O) groups is 2. The number of likely N-dealkylation sites (tertiary alicyclic amines) is 1. The number of rotatable bonds is 7. The maximum absolute atomic E-state index is 12.6. The molecule has 3 N–H and O–H groups in total. The average Bonchev–Trinajstić information content (AvgIpc) is 3.33. The van der Waals surface area contributed by atoms with Gasteiger partial charge in [-0.3, -0.25) is 14.5 Å². The number of nitrogens with two attached hydrogens (primary N) is 1. The highest BCUT2D eigenvalue weighted by molar-refractivity contribution is 6.07. The molecule has 5 heteroatoms. The van der Waals surface area contributed by atoms with Gasteiger partial charge in [-0.05, 0) is 30.2 Å². The molecule has 5 nitrogen and oxygen atoms in total. The van der Waals surface area contributed by atoms with Gasteiger partial charge in [-0.15, -0.1) is 0 Å². The Labute approximate surface area is 155 Å². The lowest BCUT2D eigenvalue weighted by molar-refractivity contribution is -0.136. The number of primary amides is 1. The molecule has 2 amide bonds. The zero-order chi connectivity index (χ0) is 18.7. The van der Waals surface area contributed by atoms with E-state index in [1.165, 1.54) is 5.56 Å². The molecule has 2 fully saturated rings. The molecule has 26 heavy (non-hydrogen) atoms. The maximum atomic E-state index is 12.6. The van der Waals surface area contributed by atoms with Crippen molar-refractivity contribution in [3.05, 3.63) is 42.0 Å². The zero-order valence-electron chi connectivity index (χ0n) is 15.7. The molecule has 140 valence electrons. The van der Waals surface area contributed by atoms with E-state index in [2.05, 4.69) is 48.3 Å². The SMILES string of the molecule is CC(C)[C@@H]1CN(C/C=C/c2ccccc2)C[C@H]1NC(=O)C1(C(N)=O)CC1. The van der Waals surface area contributed by atoms with E-state index in [9.17, 15) is 9.59 Å². The topological polar surface area (TPSA) is 75.4 Å². The van der Waals surface area contributed by atoms with E-state index in [0.717, 1.165) is 19.6 Å². The second kappa shape index (κ2) is 7.62. The number of amides is 2. The average molecular weight is 355 g/mol. The molecule has 0 bridgehead atoms. The van der Waals surface area contributed by atoms with Crippen LogP contribution in [-0.4, -0.2) is 42.4 Å². The fourth-order valence-corrected chi connectivity index (χ4v) is 3.81. The van der Waals surface area contributed by atoms with Crippen molar-refractivity contribution < 1.29 is 9.59 Å². The lowest BCUT2D eigenvalue weighted by Gasteiger charge is -2.24. The first-order valence-electron chi connectivity index (χ1n) is 9.47. The number of benzene rings is 1. The smallest absolute Gasteiger partial charge is 0.235 e. The summed E-state index contributed by atoms with van der Waals surface area (Å²) in [4.78, 5) is 26.5. The Morgan fingerprint density at radius 2 is 1.96 bits per heavy atom. The maximum Gasteiger partial charge on any atom is 0.235 e. The van der Waals surface area contributed by atoms with Gasteiger partial charge in [-0.1, -0.05) is 56.3 Å². The normalized spacial score (nSPS) is 24.9. The lowest BCUT2D eigenvalue weighted by atomic mass is 9.90. The van der Waals surface area contributed by atoms with Crippen molar-refractivity contribution >= 4 is 17.9 Å². The summed E-state index contributed by atoms with van der Waals surface area (Å²) in [5.41, 5.74) is 5.68. The van der Waals surface area contributed by atoms with Crippen LogP contribution in [0.3, 0.4) is 0 Å². The van der Waals surface area contributed by atoms with Crippen molar-refractivity contribution in [3.63, 3.8) is 0 Å². The Balaban J connectivity index is 1.59. The third-order valence-corrected chi connectivity index (χ3v) is 5.74. The molecule has 1 aromatic rings. The highest BCUT2D eigenvalue weighted by Gasteiger charge is 2.56. The van der Waals surface area contributed by atoms with Crippen LogP contribution in [0.5, 0.6) is 0 Å². The number of carbonyl (C=O) groups excluding carboxylic acids is 2.